The van der Waals surface area contributed by atoms with E-state index in [0.717, 1.165) is 12.1 Å². The number of hydrogen-bond donors (Lipinski definition) is 1. The fraction of sp³-hybridized carbons (Fsp3) is 0.250. The number of halogens is 7. The SMILES string of the molecule is CC(F)(F)c1ccc(-c2nc(Br)c(C(F)(F)F)[nH]2)c(F)c1. The van der Waals surface area contributed by atoms with Gasteiger partial charge in [0.15, 0.2) is 5.69 Å². The molecule has 1 aromatic heterocycles. The van der Waals surface area contributed by atoms with E-state index in [1.807, 2.05) is 4.98 Å². The highest BCUT2D eigenvalue weighted by Gasteiger charge is 2.36. The molecule has 0 fully saturated rings. The second-order valence-corrected chi connectivity index (χ2v) is 5.08. The van der Waals surface area contributed by atoms with Crippen LogP contribution in [0.4, 0.5) is 26.3 Å². The maximum Gasteiger partial charge on any atom is 0.433 e. The molecule has 0 saturated carbocycles. The number of benzene rings is 1. The molecular formula is C12H7BrF6N2. The molecule has 0 amide bonds. The molecule has 0 atom stereocenters. The number of imidazole rings is 1. The highest BCUT2D eigenvalue weighted by molar-refractivity contribution is 9.10. The van der Waals surface area contributed by atoms with Crippen LogP contribution < -0.4 is 0 Å². The van der Waals surface area contributed by atoms with Crippen LogP contribution in [0.5, 0.6) is 0 Å². The van der Waals surface area contributed by atoms with Gasteiger partial charge in [0.25, 0.3) is 5.92 Å². The first kappa shape index (κ1) is 15.9. The monoisotopic (exact) mass is 372 g/mol. The van der Waals surface area contributed by atoms with Gasteiger partial charge >= 0.3 is 6.18 Å². The van der Waals surface area contributed by atoms with Gasteiger partial charge < -0.3 is 4.98 Å². The Morgan fingerprint density at radius 3 is 2.19 bits per heavy atom. The summed E-state index contributed by atoms with van der Waals surface area (Å²) in [5, 5.41) is 0. The minimum Gasteiger partial charge on any atom is -0.333 e. The van der Waals surface area contributed by atoms with E-state index in [-0.39, 0.29) is 5.56 Å². The molecule has 0 aliphatic carbocycles. The average molecular weight is 373 g/mol. The maximum atomic E-state index is 13.8. The quantitative estimate of drug-likeness (QED) is 0.729. The van der Waals surface area contributed by atoms with E-state index in [2.05, 4.69) is 20.9 Å². The summed E-state index contributed by atoms with van der Waals surface area (Å²) in [6.07, 6.45) is -4.70. The van der Waals surface area contributed by atoms with Gasteiger partial charge in [0.1, 0.15) is 16.2 Å². The highest BCUT2D eigenvalue weighted by Crippen LogP contribution is 2.36. The fourth-order valence-corrected chi connectivity index (χ4v) is 2.15. The standard InChI is InChI=1S/C12H7BrF6N2/c1-11(15,16)5-2-3-6(7(14)4-5)10-20-8(9(13)21-10)12(17,18)19/h2-4H,1H3,(H,20,21). The van der Waals surface area contributed by atoms with Crippen molar-refractivity contribution in [3.05, 3.63) is 39.9 Å². The van der Waals surface area contributed by atoms with Gasteiger partial charge in [-0.2, -0.15) is 13.2 Å². The third-order valence-corrected chi connectivity index (χ3v) is 3.25. The summed E-state index contributed by atoms with van der Waals surface area (Å²) in [6.45, 7) is 0.590. The number of nitrogens with one attached hydrogen (secondary N) is 1. The van der Waals surface area contributed by atoms with Crippen LogP contribution in [0.1, 0.15) is 18.2 Å². The highest BCUT2D eigenvalue weighted by atomic mass is 79.9. The number of rotatable bonds is 2. The van der Waals surface area contributed by atoms with Gasteiger partial charge in [0, 0.05) is 12.5 Å². The smallest absolute Gasteiger partial charge is 0.333 e. The Morgan fingerprint density at radius 1 is 1.14 bits per heavy atom. The third-order valence-electron chi connectivity index (χ3n) is 2.67. The summed E-state index contributed by atoms with van der Waals surface area (Å²) < 4.78 is 77.2. The van der Waals surface area contributed by atoms with Crippen molar-refractivity contribution < 1.29 is 26.3 Å². The Hall–Kier alpha value is -1.51. The summed E-state index contributed by atoms with van der Waals surface area (Å²) in [6, 6.07) is 2.45. The molecule has 2 aromatic rings. The molecule has 21 heavy (non-hydrogen) atoms. The largest absolute Gasteiger partial charge is 0.433 e. The molecule has 0 saturated heterocycles. The Morgan fingerprint density at radius 2 is 1.76 bits per heavy atom. The van der Waals surface area contributed by atoms with E-state index < -0.39 is 39.6 Å². The Balaban J connectivity index is 2.49. The Kier molecular flexibility index (Phi) is 3.81. The lowest BCUT2D eigenvalue weighted by atomic mass is 10.1. The van der Waals surface area contributed by atoms with Crippen LogP contribution in [-0.4, -0.2) is 9.97 Å². The zero-order chi connectivity index (χ0) is 16.0. The molecule has 0 bridgehead atoms. The molecule has 1 aromatic carbocycles. The molecular weight excluding hydrogens is 366 g/mol. The van der Waals surface area contributed by atoms with Crippen LogP contribution in [0, 0.1) is 5.82 Å². The minimum atomic E-state index is -4.70. The van der Waals surface area contributed by atoms with Crippen LogP contribution in [0.15, 0.2) is 22.8 Å². The summed E-state index contributed by atoms with van der Waals surface area (Å²) >= 11 is 2.62. The number of alkyl halides is 5. The van der Waals surface area contributed by atoms with E-state index in [4.69, 9.17) is 0 Å². The number of aromatic nitrogens is 2. The first-order valence-corrected chi connectivity index (χ1v) is 6.30. The lowest BCUT2D eigenvalue weighted by Gasteiger charge is -2.11. The second kappa shape index (κ2) is 5.04. The van der Waals surface area contributed by atoms with Crippen LogP contribution in [-0.2, 0) is 12.1 Å². The Bertz CT molecular complexity index is 671. The molecule has 1 heterocycles. The van der Waals surface area contributed by atoms with E-state index in [0.29, 0.717) is 13.0 Å². The fourth-order valence-electron chi connectivity index (χ4n) is 1.65. The van der Waals surface area contributed by atoms with Gasteiger partial charge in [0.05, 0.1) is 5.56 Å². The van der Waals surface area contributed by atoms with Gasteiger partial charge in [0.2, 0.25) is 0 Å². The first-order valence-electron chi connectivity index (χ1n) is 5.51. The van der Waals surface area contributed by atoms with Crippen LogP contribution in [0.3, 0.4) is 0 Å². The summed E-state index contributed by atoms with van der Waals surface area (Å²) in [7, 11) is 0. The van der Waals surface area contributed by atoms with Crippen molar-refractivity contribution in [3.8, 4) is 11.4 Å². The number of hydrogen-bond acceptors (Lipinski definition) is 1. The minimum absolute atomic E-state index is 0.334. The number of nitrogens with zero attached hydrogens (tertiary/aromatic N) is 1. The van der Waals surface area contributed by atoms with Crippen LogP contribution in [0.2, 0.25) is 0 Å². The topological polar surface area (TPSA) is 28.7 Å². The van der Waals surface area contributed by atoms with Crippen molar-refractivity contribution in [3.63, 3.8) is 0 Å². The van der Waals surface area contributed by atoms with Gasteiger partial charge in [-0.3, -0.25) is 0 Å². The summed E-state index contributed by atoms with van der Waals surface area (Å²) in [5.41, 5.74) is -2.09. The lowest BCUT2D eigenvalue weighted by molar-refractivity contribution is -0.141. The normalized spacial score (nSPS) is 12.8. The van der Waals surface area contributed by atoms with E-state index in [9.17, 15) is 26.3 Å². The van der Waals surface area contributed by atoms with Gasteiger partial charge in [-0.25, -0.2) is 18.2 Å². The van der Waals surface area contributed by atoms with Gasteiger partial charge in [-0.15, -0.1) is 0 Å². The summed E-state index contributed by atoms with van der Waals surface area (Å²) in [5.74, 6) is -4.75. The summed E-state index contributed by atoms with van der Waals surface area (Å²) in [4.78, 5) is 5.44. The zero-order valence-corrected chi connectivity index (χ0v) is 11.9. The maximum absolute atomic E-state index is 13.8. The van der Waals surface area contributed by atoms with E-state index >= 15 is 0 Å². The number of aromatic amines is 1. The molecule has 0 aliphatic heterocycles. The molecule has 0 aliphatic rings. The van der Waals surface area contributed by atoms with Crippen molar-refractivity contribution in [2.75, 3.05) is 0 Å². The molecule has 0 spiro atoms. The predicted octanol–water partition coefficient (Wildman–Crippen LogP) is 5.11. The second-order valence-electron chi connectivity index (χ2n) is 4.33. The zero-order valence-electron chi connectivity index (χ0n) is 10.3. The van der Waals surface area contributed by atoms with Gasteiger partial charge in [-0.1, -0.05) is 6.07 Å². The molecule has 2 rings (SSSR count). The van der Waals surface area contributed by atoms with Crippen LogP contribution >= 0.6 is 15.9 Å². The third kappa shape index (κ3) is 3.22. The predicted molar refractivity (Wildman–Crippen MR) is 66.3 cm³/mol. The first-order chi connectivity index (χ1) is 9.50. The average Bonchev–Trinajstić information content (AvgIpc) is 2.69. The van der Waals surface area contributed by atoms with E-state index in [1.54, 1.807) is 0 Å². The molecule has 114 valence electrons. The molecule has 0 unspecified atom stereocenters. The van der Waals surface area contributed by atoms with Crippen molar-refractivity contribution in [2.45, 2.75) is 19.0 Å². The number of H-pyrrole nitrogens is 1. The van der Waals surface area contributed by atoms with Crippen molar-refractivity contribution >= 4 is 15.9 Å². The van der Waals surface area contributed by atoms with Crippen LogP contribution in [0.25, 0.3) is 11.4 Å². The van der Waals surface area contributed by atoms with Crippen molar-refractivity contribution in [2.24, 2.45) is 0 Å². The molecule has 0 radical (unpaired) electrons. The lowest BCUT2D eigenvalue weighted by Crippen LogP contribution is -2.07. The van der Waals surface area contributed by atoms with Crippen molar-refractivity contribution in [1.29, 1.82) is 0 Å². The Labute approximate surface area is 123 Å². The molecule has 2 nitrogen and oxygen atoms in total. The van der Waals surface area contributed by atoms with Crippen molar-refractivity contribution in [1.82, 2.24) is 9.97 Å². The van der Waals surface area contributed by atoms with Gasteiger partial charge in [-0.05, 0) is 28.1 Å². The van der Waals surface area contributed by atoms with E-state index in [1.165, 1.54) is 0 Å². The molecule has 1 N–H and O–H groups in total. The molecule has 9 heteroatoms.